The molecule has 2 aromatic carbocycles. The third-order valence-electron chi connectivity index (χ3n) is 3.29. The second-order valence-corrected chi connectivity index (χ2v) is 5.50. The van der Waals surface area contributed by atoms with E-state index in [1.807, 2.05) is 41.8 Å². The molecule has 0 spiro atoms. The number of fused-ring (bicyclic) bond motifs is 3. The molecule has 0 aliphatic heterocycles. The first-order valence-corrected chi connectivity index (χ1v) is 7.31. The molecule has 0 bridgehead atoms. The number of furan rings is 1. The molecule has 0 aliphatic carbocycles. The highest BCUT2D eigenvalue weighted by atomic mass is 32.1. The van der Waals surface area contributed by atoms with Crippen LogP contribution in [0.1, 0.15) is 10.4 Å². The summed E-state index contributed by atoms with van der Waals surface area (Å²) < 4.78 is 5.75. The van der Waals surface area contributed by atoms with Crippen LogP contribution in [0.4, 0.5) is 5.13 Å². The number of nitrogens with one attached hydrogen (secondary N) is 1. The van der Waals surface area contributed by atoms with E-state index in [4.69, 9.17) is 4.42 Å². The first-order chi connectivity index (χ1) is 10.3. The van der Waals surface area contributed by atoms with Crippen molar-refractivity contribution in [2.75, 3.05) is 5.32 Å². The molecule has 0 unspecified atom stereocenters. The zero-order chi connectivity index (χ0) is 14.2. The van der Waals surface area contributed by atoms with E-state index in [9.17, 15) is 4.79 Å². The Morgan fingerprint density at radius 2 is 1.95 bits per heavy atom. The van der Waals surface area contributed by atoms with Crippen molar-refractivity contribution in [3.63, 3.8) is 0 Å². The summed E-state index contributed by atoms with van der Waals surface area (Å²) in [5.74, 6) is -0.169. The third-order valence-corrected chi connectivity index (χ3v) is 3.98. The van der Waals surface area contributed by atoms with Crippen LogP contribution in [0.5, 0.6) is 0 Å². The van der Waals surface area contributed by atoms with Crippen LogP contribution in [0.3, 0.4) is 0 Å². The van der Waals surface area contributed by atoms with Gasteiger partial charge >= 0.3 is 0 Å². The first kappa shape index (κ1) is 12.1. The lowest BCUT2D eigenvalue weighted by atomic mass is 10.1. The van der Waals surface area contributed by atoms with E-state index in [2.05, 4.69) is 10.3 Å². The molecule has 2 heterocycles. The normalized spacial score (nSPS) is 11.0. The first-order valence-electron chi connectivity index (χ1n) is 6.43. The van der Waals surface area contributed by atoms with Crippen LogP contribution in [0.2, 0.25) is 0 Å². The molecule has 0 fully saturated rings. The number of anilines is 1. The molecule has 1 N–H and O–H groups in total. The number of hydrogen-bond acceptors (Lipinski definition) is 4. The van der Waals surface area contributed by atoms with Gasteiger partial charge in [0.1, 0.15) is 11.2 Å². The lowest BCUT2D eigenvalue weighted by molar-refractivity contribution is 0.102. The Hall–Kier alpha value is -2.66. The Bertz CT molecular complexity index is 941. The molecule has 0 atom stereocenters. The molecule has 2 aromatic heterocycles. The van der Waals surface area contributed by atoms with Crippen molar-refractivity contribution < 1.29 is 9.21 Å². The van der Waals surface area contributed by atoms with Gasteiger partial charge in [0.2, 0.25) is 0 Å². The standard InChI is InChI=1S/C16H10N2O2S/c19-15(18-16-17-7-8-21-16)10-5-6-14-12(9-10)11-3-1-2-4-13(11)20-14/h1-9H,(H,17,18,19). The van der Waals surface area contributed by atoms with E-state index in [1.54, 1.807) is 12.3 Å². The van der Waals surface area contributed by atoms with E-state index < -0.39 is 0 Å². The summed E-state index contributed by atoms with van der Waals surface area (Å²) in [6.45, 7) is 0. The average Bonchev–Trinajstić information content (AvgIpc) is 3.13. The molecule has 1 amide bonds. The van der Waals surface area contributed by atoms with Gasteiger partial charge in [-0.3, -0.25) is 10.1 Å². The van der Waals surface area contributed by atoms with E-state index >= 15 is 0 Å². The van der Waals surface area contributed by atoms with Crippen molar-refractivity contribution in [2.24, 2.45) is 0 Å². The fraction of sp³-hybridized carbons (Fsp3) is 0. The van der Waals surface area contributed by atoms with Crippen LogP contribution in [0.25, 0.3) is 21.9 Å². The molecule has 0 saturated heterocycles. The summed E-state index contributed by atoms with van der Waals surface area (Å²) >= 11 is 1.39. The van der Waals surface area contributed by atoms with Gasteiger partial charge in [-0.2, -0.15) is 0 Å². The van der Waals surface area contributed by atoms with Gasteiger partial charge in [0.25, 0.3) is 5.91 Å². The van der Waals surface area contributed by atoms with Crippen LogP contribution in [-0.2, 0) is 0 Å². The van der Waals surface area contributed by atoms with Gasteiger partial charge in [-0.1, -0.05) is 18.2 Å². The highest BCUT2D eigenvalue weighted by molar-refractivity contribution is 7.13. The Morgan fingerprint density at radius 3 is 2.81 bits per heavy atom. The van der Waals surface area contributed by atoms with E-state index in [0.717, 1.165) is 21.9 Å². The monoisotopic (exact) mass is 294 g/mol. The summed E-state index contributed by atoms with van der Waals surface area (Å²) in [7, 11) is 0. The van der Waals surface area contributed by atoms with Gasteiger partial charge in [-0.15, -0.1) is 11.3 Å². The van der Waals surface area contributed by atoms with Gasteiger partial charge in [-0.05, 0) is 24.3 Å². The average molecular weight is 294 g/mol. The maximum atomic E-state index is 12.2. The second-order valence-electron chi connectivity index (χ2n) is 4.60. The number of para-hydroxylation sites is 1. The van der Waals surface area contributed by atoms with Gasteiger partial charge in [-0.25, -0.2) is 4.98 Å². The smallest absolute Gasteiger partial charge is 0.257 e. The SMILES string of the molecule is O=C(Nc1nccs1)c1ccc2oc3ccccc3c2c1. The van der Waals surface area contributed by atoms with Crippen LogP contribution in [0.15, 0.2) is 58.5 Å². The largest absolute Gasteiger partial charge is 0.456 e. The molecule has 21 heavy (non-hydrogen) atoms. The van der Waals surface area contributed by atoms with Crippen molar-refractivity contribution in [1.82, 2.24) is 4.98 Å². The highest BCUT2D eigenvalue weighted by Gasteiger charge is 2.11. The Labute approximate surface area is 124 Å². The van der Waals surface area contributed by atoms with Crippen molar-refractivity contribution in [3.8, 4) is 0 Å². The predicted molar refractivity (Wildman–Crippen MR) is 83.8 cm³/mol. The number of amides is 1. The Kier molecular flexibility index (Phi) is 2.72. The number of carbonyl (C=O) groups is 1. The van der Waals surface area contributed by atoms with Gasteiger partial charge in [0, 0.05) is 27.9 Å². The zero-order valence-corrected chi connectivity index (χ0v) is 11.7. The van der Waals surface area contributed by atoms with Crippen molar-refractivity contribution in [1.29, 1.82) is 0 Å². The van der Waals surface area contributed by atoms with Crippen LogP contribution in [-0.4, -0.2) is 10.9 Å². The minimum absolute atomic E-state index is 0.169. The molecule has 0 saturated carbocycles. The maximum Gasteiger partial charge on any atom is 0.257 e. The van der Waals surface area contributed by atoms with Crippen molar-refractivity contribution in [2.45, 2.75) is 0 Å². The molecular formula is C16H10N2O2S. The van der Waals surface area contributed by atoms with Gasteiger partial charge < -0.3 is 4.42 Å². The van der Waals surface area contributed by atoms with E-state index in [0.29, 0.717) is 10.7 Å². The number of benzene rings is 2. The predicted octanol–water partition coefficient (Wildman–Crippen LogP) is 4.29. The fourth-order valence-corrected chi connectivity index (χ4v) is 2.85. The molecule has 0 aliphatic rings. The fourth-order valence-electron chi connectivity index (χ4n) is 2.32. The number of aromatic nitrogens is 1. The van der Waals surface area contributed by atoms with Gasteiger partial charge in [0.05, 0.1) is 0 Å². The quantitative estimate of drug-likeness (QED) is 0.600. The highest BCUT2D eigenvalue weighted by Crippen LogP contribution is 2.29. The zero-order valence-electron chi connectivity index (χ0n) is 10.9. The van der Waals surface area contributed by atoms with Crippen molar-refractivity contribution >= 4 is 44.3 Å². The molecule has 4 aromatic rings. The number of hydrogen-bond donors (Lipinski definition) is 1. The minimum atomic E-state index is -0.169. The van der Waals surface area contributed by atoms with E-state index in [1.165, 1.54) is 11.3 Å². The molecule has 0 radical (unpaired) electrons. The summed E-state index contributed by atoms with van der Waals surface area (Å²) in [6.07, 6.45) is 1.66. The van der Waals surface area contributed by atoms with Crippen LogP contribution in [0, 0.1) is 0 Å². The number of nitrogens with zero attached hydrogens (tertiary/aromatic N) is 1. The van der Waals surface area contributed by atoms with Crippen LogP contribution >= 0.6 is 11.3 Å². The Balaban J connectivity index is 1.79. The molecule has 102 valence electrons. The summed E-state index contributed by atoms with van der Waals surface area (Å²) in [6, 6.07) is 13.2. The lowest BCUT2D eigenvalue weighted by Crippen LogP contribution is -2.11. The molecule has 4 nitrogen and oxygen atoms in total. The second kappa shape index (κ2) is 4.71. The molecular weight excluding hydrogens is 284 g/mol. The summed E-state index contributed by atoms with van der Waals surface area (Å²) in [5.41, 5.74) is 2.19. The van der Waals surface area contributed by atoms with Crippen molar-refractivity contribution in [3.05, 3.63) is 59.6 Å². The minimum Gasteiger partial charge on any atom is -0.456 e. The van der Waals surface area contributed by atoms with E-state index in [-0.39, 0.29) is 5.91 Å². The number of carbonyl (C=O) groups excluding carboxylic acids is 1. The summed E-state index contributed by atoms with van der Waals surface area (Å²) in [5, 5.41) is 7.15. The Morgan fingerprint density at radius 1 is 1.10 bits per heavy atom. The van der Waals surface area contributed by atoms with Crippen LogP contribution < -0.4 is 5.32 Å². The topological polar surface area (TPSA) is 55.1 Å². The number of rotatable bonds is 2. The molecule has 4 rings (SSSR count). The third kappa shape index (κ3) is 2.08. The van der Waals surface area contributed by atoms with Gasteiger partial charge in [0.15, 0.2) is 5.13 Å². The number of thiazole rings is 1. The summed E-state index contributed by atoms with van der Waals surface area (Å²) in [4.78, 5) is 16.3. The molecule has 5 heteroatoms. The maximum absolute atomic E-state index is 12.2. The lowest BCUT2D eigenvalue weighted by Gasteiger charge is -2.01.